The maximum atomic E-state index is 13.0. The summed E-state index contributed by atoms with van der Waals surface area (Å²) < 4.78 is 0. The van der Waals surface area contributed by atoms with Crippen LogP contribution in [-0.4, -0.2) is 23.7 Å². The quantitative estimate of drug-likeness (QED) is 0.582. The molecule has 0 bridgehead atoms. The van der Waals surface area contributed by atoms with E-state index in [1.807, 2.05) is 91.0 Å². The first-order valence-corrected chi connectivity index (χ1v) is 12.4. The van der Waals surface area contributed by atoms with Crippen molar-refractivity contribution in [2.45, 2.75) is 12.8 Å². The van der Waals surface area contributed by atoms with E-state index in [9.17, 15) is 4.79 Å². The maximum absolute atomic E-state index is 13.0. The second-order valence-electron chi connectivity index (χ2n) is 6.71. The van der Waals surface area contributed by atoms with Crippen molar-refractivity contribution >= 4 is 38.9 Å². The number of Topliss-reactive ketones (excluding diaryl/α,β-unsaturated/α-hetero) is 1. The van der Waals surface area contributed by atoms with Crippen molar-refractivity contribution in [3.8, 4) is 0 Å². The summed E-state index contributed by atoms with van der Waals surface area (Å²) in [6, 6.07) is 29.9. The molecule has 0 spiro atoms. The summed E-state index contributed by atoms with van der Waals surface area (Å²) in [4.78, 5) is 13.0. The van der Waals surface area contributed by atoms with Gasteiger partial charge in [-0.05, 0) is 0 Å². The van der Waals surface area contributed by atoms with Gasteiger partial charge in [0, 0.05) is 0 Å². The van der Waals surface area contributed by atoms with Crippen LogP contribution in [0.2, 0.25) is 0 Å². The molecule has 0 aliphatic rings. The number of halogens is 1. The Kier molecular flexibility index (Phi) is 6.11. The van der Waals surface area contributed by atoms with Crippen LogP contribution in [0.3, 0.4) is 0 Å². The van der Waals surface area contributed by atoms with E-state index in [0.717, 1.165) is 15.9 Å². The molecular formula is C23H24ClO2P. The number of ketones is 1. The Morgan fingerprint density at radius 2 is 1.11 bits per heavy atom. The number of hydrogen-bond acceptors (Lipinski definition) is 2. The molecule has 0 aliphatic heterocycles. The SMILES string of the molecule is O=C(CCCO)CP(Cl)(c1ccccc1)(c1ccccc1)c1ccccc1. The zero-order valence-corrected chi connectivity index (χ0v) is 16.8. The number of rotatable bonds is 8. The van der Waals surface area contributed by atoms with Gasteiger partial charge in [0.1, 0.15) is 0 Å². The van der Waals surface area contributed by atoms with E-state index in [-0.39, 0.29) is 18.6 Å². The van der Waals surface area contributed by atoms with Crippen LogP contribution < -0.4 is 15.9 Å². The van der Waals surface area contributed by atoms with E-state index in [1.165, 1.54) is 0 Å². The second kappa shape index (κ2) is 8.35. The molecule has 3 aromatic rings. The molecular weight excluding hydrogens is 375 g/mol. The van der Waals surface area contributed by atoms with Crippen LogP contribution in [0.15, 0.2) is 91.0 Å². The number of carbonyl (C=O) groups excluding carboxylic acids is 1. The topological polar surface area (TPSA) is 37.3 Å². The van der Waals surface area contributed by atoms with Crippen LogP contribution in [-0.2, 0) is 4.79 Å². The molecule has 0 atom stereocenters. The van der Waals surface area contributed by atoms with Gasteiger partial charge in [0.05, 0.1) is 0 Å². The van der Waals surface area contributed by atoms with Gasteiger partial charge in [-0.3, -0.25) is 0 Å². The molecule has 3 rings (SSSR count). The molecule has 0 unspecified atom stereocenters. The molecule has 0 aromatic heterocycles. The molecule has 2 nitrogen and oxygen atoms in total. The molecule has 0 radical (unpaired) electrons. The fraction of sp³-hybridized carbons (Fsp3) is 0.174. The summed E-state index contributed by atoms with van der Waals surface area (Å²) >= 11 is 7.79. The van der Waals surface area contributed by atoms with Gasteiger partial charge in [-0.1, -0.05) is 0 Å². The van der Waals surface area contributed by atoms with Crippen molar-refractivity contribution in [2.75, 3.05) is 12.8 Å². The normalized spacial score (nSPS) is 12.9. The number of hydrogen-bond donors (Lipinski definition) is 1. The van der Waals surface area contributed by atoms with E-state index in [0.29, 0.717) is 12.8 Å². The standard InChI is InChI=1S/C23H24ClO2P/c24-27(19-20(26)11-10-18-25,21-12-4-1-5-13-21,22-14-6-2-7-15-22)23-16-8-3-9-17-23/h1-9,12-17,25H,10-11,18-19H2. The summed E-state index contributed by atoms with van der Waals surface area (Å²) in [6.07, 6.45) is 1.03. The molecule has 0 heterocycles. The molecule has 0 fully saturated rings. The van der Waals surface area contributed by atoms with Gasteiger partial charge in [0.2, 0.25) is 0 Å². The van der Waals surface area contributed by atoms with Crippen molar-refractivity contribution in [3.63, 3.8) is 0 Å². The molecule has 3 aromatic carbocycles. The van der Waals surface area contributed by atoms with Crippen LogP contribution in [0.25, 0.3) is 0 Å². The van der Waals surface area contributed by atoms with Crippen LogP contribution in [0, 0.1) is 0 Å². The molecule has 0 amide bonds. The Hall–Kier alpha value is -1.99. The summed E-state index contributed by atoms with van der Waals surface area (Å²) in [5.74, 6) is -3.43. The van der Waals surface area contributed by atoms with E-state index < -0.39 is 5.96 Å². The van der Waals surface area contributed by atoms with Gasteiger partial charge >= 0.3 is 165 Å². The average molecular weight is 399 g/mol. The first kappa shape index (κ1) is 19.8. The van der Waals surface area contributed by atoms with E-state index in [4.69, 9.17) is 16.3 Å². The van der Waals surface area contributed by atoms with Crippen molar-refractivity contribution in [2.24, 2.45) is 0 Å². The van der Waals surface area contributed by atoms with Gasteiger partial charge in [0.15, 0.2) is 0 Å². The molecule has 1 N–H and O–H groups in total. The van der Waals surface area contributed by atoms with Gasteiger partial charge < -0.3 is 0 Å². The van der Waals surface area contributed by atoms with E-state index >= 15 is 0 Å². The average Bonchev–Trinajstić information content (AvgIpc) is 2.74. The van der Waals surface area contributed by atoms with Crippen LogP contribution in [0.5, 0.6) is 0 Å². The fourth-order valence-electron chi connectivity index (χ4n) is 3.62. The zero-order chi connectivity index (χ0) is 19.2. The number of carbonyl (C=O) groups is 1. The van der Waals surface area contributed by atoms with Crippen LogP contribution in [0.4, 0.5) is 0 Å². The monoisotopic (exact) mass is 398 g/mol. The van der Waals surface area contributed by atoms with Crippen LogP contribution in [0.1, 0.15) is 12.8 Å². The van der Waals surface area contributed by atoms with Gasteiger partial charge in [-0.15, -0.1) is 0 Å². The van der Waals surface area contributed by atoms with Crippen molar-refractivity contribution in [1.82, 2.24) is 0 Å². The van der Waals surface area contributed by atoms with Gasteiger partial charge in [-0.25, -0.2) is 0 Å². The minimum absolute atomic E-state index is 0.00594. The Morgan fingerprint density at radius 3 is 1.44 bits per heavy atom. The Morgan fingerprint density at radius 1 is 0.741 bits per heavy atom. The van der Waals surface area contributed by atoms with Gasteiger partial charge in [-0.2, -0.15) is 0 Å². The van der Waals surface area contributed by atoms with E-state index in [1.54, 1.807) is 0 Å². The third kappa shape index (κ3) is 3.71. The molecule has 0 aliphatic carbocycles. The van der Waals surface area contributed by atoms with Gasteiger partial charge in [0.25, 0.3) is 0 Å². The Balaban J connectivity index is 2.31. The number of aliphatic hydroxyl groups is 1. The van der Waals surface area contributed by atoms with Crippen molar-refractivity contribution < 1.29 is 9.90 Å². The second-order valence-corrected chi connectivity index (χ2v) is 13.2. The summed E-state index contributed by atoms with van der Waals surface area (Å²) in [5.41, 5.74) is 0. The summed E-state index contributed by atoms with van der Waals surface area (Å²) in [6.45, 7) is 0.00594. The summed E-state index contributed by atoms with van der Waals surface area (Å²) in [7, 11) is 0. The predicted molar refractivity (Wildman–Crippen MR) is 117 cm³/mol. The number of benzene rings is 3. The minimum atomic E-state index is -3.51. The molecule has 4 heteroatoms. The van der Waals surface area contributed by atoms with Crippen molar-refractivity contribution in [1.29, 1.82) is 0 Å². The predicted octanol–water partition coefficient (Wildman–Crippen LogP) is 4.01. The van der Waals surface area contributed by atoms with Crippen molar-refractivity contribution in [3.05, 3.63) is 91.0 Å². The Bertz CT molecular complexity index is 783. The molecule has 0 saturated heterocycles. The first-order valence-electron chi connectivity index (χ1n) is 9.12. The summed E-state index contributed by atoms with van der Waals surface area (Å²) in [5, 5.41) is 12.1. The third-order valence-corrected chi connectivity index (χ3v) is 12.2. The first-order chi connectivity index (χ1) is 13.1. The fourth-order valence-corrected chi connectivity index (χ4v) is 9.68. The molecule has 0 saturated carbocycles. The third-order valence-electron chi connectivity index (χ3n) is 4.97. The van der Waals surface area contributed by atoms with E-state index in [2.05, 4.69) is 0 Å². The molecule has 140 valence electrons. The molecule has 27 heavy (non-hydrogen) atoms. The zero-order valence-electron chi connectivity index (χ0n) is 15.2. The van der Waals surface area contributed by atoms with Crippen LogP contribution >= 0.6 is 17.2 Å². The number of aliphatic hydroxyl groups excluding tert-OH is 1. The Labute approximate surface area is 165 Å².